The summed E-state index contributed by atoms with van der Waals surface area (Å²) in [5.41, 5.74) is 9.05. The second-order valence-electron chi connectivity index (χ2n) is 9.90. The summed E-state index contributed by atoms with van der Waals surface area (Å²) < 4.78 is 5.62. The van der Waals surface area contributed by atoms with Gasteiger partial charge in [-0.2, -0.15) is 0 Å². The Kier molecular flexibility index (Phi) is 8.53. The number of nitrogens with zero attached hydrogens (tertiary/aromatic N) is 1. The molecule has 0 aromatic carbocycles. The highest BCUT2D eigenvalue weighted by atomic mass is 16.5. The van der Waals surface area contributed by atoms with E-state index >= 15 is 0 Å². The van der Waals surface area contributed by atoms with Gasteiger partial charge in [-0.3, -0.25) is 0 Å². The summed E-state index contributed by atoms with van der Waals surface area (Å²) in [5, 5.41) is 7.97. The lowest BCUT2D eigenvalue weighted by atomic mass is 9.83. The summed E-state index contributed by atoms with van der Waals surface area (Å²) in [6.07, 6.45) is 20.7. The van der Waals surface area contributed by atoms with Gasteiger partial charge in [0.2, 0.25) is 0 Å². The van der Waals surface area contributed by atoms with E-state index in [9.17, 15) is 0 Å². The summed E-state index contributed by atoms with van der Waals surface area (Å²) >= 11 is 0. The van der Waals surface area contributed by atoms with E-state index in [4.69, 9.17) is 10.5 Å². The van der Waals surface area contributed by atoms with Gasteiger partial charge in [-0.15, -0.1) is 0 Å². The molecule has 1 saturated carbocycles. The van der Waals surface area contributed by atoms with Crippen molar-refractivity contribution in [2.75, 3.05) is 32.8 Å². The maximum absolute atomic E-state index is 6.17. The van der Waals surface area contributed by atoms with Crippen LogP contribution in [0, 0.1) is 5.92 Å². The van der Waals surface area contributed by atoms with Gasteiger partial charge in [0.05, 0.1) is 13.2 Å². The fourth-order valence-electron chi connectivity index (χ4n) is 5.65. The van der Waals surface area contributed by atoms with E-state index in [1.807, 2.05) is 0 Å². The molecule has 4 aliphatic rings. The minimum atomic E-state index is 0.406. The predicted octanol–water partition coefficient (Wildman–Crippen LogP) is 3.67. The molecule has 0 bridgehead atoms. The van der Waals surface area contributed by atoms with E-state index in [0.29, 0.717) is 24.0 Å². The molecule has 3 fully saturated rings. The SMILES string of the molecule is NC1CCC(NC2=CC(N3CCOCC3)=CC3NCCCCCCCCCC23)CC1. The van der Waals surface area contributed by atoms with E-state index in [1.165, 1.54) is 75.6 Å². The molecule has 0 amide bonds. The molecule has 2 aliphatic carbocycles. The lowest BCUT2D eigenvalue weighted by Crippen LogP contribution is -2.46. The Morgan fingerprint density at radius 2 is 1.60 bits per heavy atom. The maximum Gasteiger partial charge on any atom is 0.0642 e. The number of hydrogen-bond donors (Lipinski definition) is 3. The molecule has 2 unspecified atom stereocenters. The number of nitrogens with two attached hydrogens (primary N) is 1. The topological polar surface area (TPSA) is 62.5 Å². The number of ether oxygens (including phenoxy) is 1. The van der Waals surface area contributed by atoms with Gasteiger partial charge in [-0.1, -0.05) is 38.5 Å². The quantitative estimate of drug-likeness (QED) is 0.655. The summed E-state index contributed by atoms with van der Waals surface area (Å²) in [6, 6.07) is 1.44. The van der Waals surface area contributed by atoms with Crippen LogP contribution in [0.2, 0.25) is 0 Å². The Balaban J connectivity index is 1.51. The summed E-state index contributed by atoms with van der Waals surface area (Å²) in [4.78, 5) is 2.52. The number of allylic oxidation sites excluding steroid dienone is 1. The molecule has 4 rings (SSSR count). The van der Waals surface area contributed by atoms with Crippen molar-refractivity contribution in [3.05, 3.63) is 23.5 Å². The first-order chi connectivity index (χ1) is 14.8. The van der Waals surface area contributed by atoms with E-state index in [2.05, 4.69) is 27.7 Å². The lowest BCUT2D eigenvalue weighted by Gasteiger charge is -2.39. The van der Waals surface area contributed by atoms with Gasteiger partial charge < -0.3 is 26.0 Å². The number of fused-ring (bicyclic) bond motifs is 1. The van der Waals surface area contributed by atoms with Crippen molar-refractivity contribution >= 4 is 0 Å². The molecular weight excluding hydrogens is 372 g/mol. The monoisotopic (exact) mass is 416 g/mol. The third-order valence-corrected chi connectivity index (χ3v) is 7.58. The molecular formula is C25H44N4O. The van der Waals surface area contributed by atoms with Crippen LogP contribution in [-0.4, -0.2) is 55.9 Å². The first-order valence-corrected chi connectivity index (χ1v) is 12.8. The van der Waals surface area contributed by atoms with Gasteiger partial charge in [0.1, 0.15) is 0 Å². The molecule has 2 heterocycles. The van der Waals surface area contributed by atoms with Crippen LogP contribution in [0.15, 0.2) is 23.5 Å². The number of morpholine rings is 1. The van der Waals surface area contributed by atoms with Crippen molar-refractivity contribution in [3.8, 4) is 0 Å². The highest BCUT2D eigenvalue weighted by molar-refractivity contribution is 5.33. The average Bonchev–Trinajstić information content (AvgIpc) is 2.77. The first kappa shape index (κ1) is 22.2. The normalized spacial score (nSPS) is 34.6. The fourth-order valence-corrected chi connectivity index (χ4v) is 5.65. The Morgan fingerprint density at radius 1 is 0.900 bits per heavy atom. The minimum absolute atomic E-state index is 0.406. The van der Waals surface area contributed by atoms with Gasteiger partial charge in [-0.05, 0) is 57.2 Å². The molecule has 2 atom stereocenters. The number of nitrogens with one attached hydrogen (secondary N) is 2. The van der Waals surface area contributed by atoms with Crippen molar-refractivity contribution < 1.29 is 4.74 Å². The van der Waals surface area contributed by atoms with Crippen LogP contribution in [0.25, 0.3) is 0 Å². The summed E-state index contributed by atoms with van der Waals surface area (Å²) in [6.45, 7) is 4.84. The maximum atomic E-state index is 6.17. The first-order valence-electron chi connectivity index (χ1n) is 12.8. The van der Waals surface area contributed by atoms with E-state index in [0.717, 1.165) is 45.7 Å². The second-order valence-corrected chi connectivity index (χ2v) is 9.90. The molecule has 2 aliphatic heterocycles. The average molecular weight is 417 g/mol. The molecule has 0 radical (unpaired) electrons. The molecule has 2 saturated heterocycles. The second kappa shape index (κ2) is 11.5. The van der Waals surface area contributed by atoms with Gasteiger partial charge >= 0.3 is 0 Å². The van der Waals surface area contributed by atoms with Crippen molar-refractivity contribution in [1.82, 2.24) is 15.5 Å². The van der Waals surface area contributed by atoms with Crippen LogP contribution in [0.5, 0.6) is 0 Å². The van der Waals surface area contributed by atoms with Crippen LogP contribution in [0.4, 0.5) is 0 Å². The van der Waals surface area contributed by atoms with E-state index in [-0.39, 0.29) is 0 Å². The largest absolute Gasteiger partial charge is 0.385 e. The van der Waals surface area contributed by atoms with Gasteiger partial charge in [0, 0.05) is 48.5 Å². The Morgan fingerprint density at radius 3 is 2.37 bits per heavy atom. The van der Waals surface area contributed by atoms with Crippen LogP contribution in [0.1, 0.15) is 77.0 Å². The molecule has 0 aromatic rings. The molecule has 4 N–H and O–H groups in total. The molecule has 0 spiro atoms. The van der Waals surface area contributed by atoms with Crippen molar-refractivity contribution in [2.24, 2.45) is 11.7 Å². The zero-order valence-corrected chi connectivity index (χ0v) is 18.9. The molecule has 30 heavy (non-hydrogen) atoms. The molecule has 5 nitrogen and oxygen atoms in total. The zero-order chi connectivity index (χ0) is 20.6. The van der Waals surface area contributed by atoms with Crippen molar-refractivity contribution in [2.45, 2.75) is 95.2 Å². The fraction of sp³-hybridized carbons (Fsp3) is 0.840. The smallest absolute Gasteiger partial charge is 0.0642 e. The summed E-state index contributed by atoms with van der Waals surface area (Å²) in [7, 11) is 0. The predicted molar refractivity (Wildman–Crippen MR) is 124 cm³/mol. The van der Waals surface area contributed by atoms with E-state index in [1.54, 1.807) is 0 Å². The van der Waals surface area contributed by atoms with Gasteiger partial charge in [0.15, 0.2) is 0 Å². The van der Waals surface area contributed by atoms with Crippen molar-refractivity contribution in [1.29, 1.82) is 0 Å². The highest BCUT2D eigenvalue weighted by Crippen LogP contribution is 2.31. The Bertz CT molecular complexity index is 576. The highest BCUT2D eigenvalue weighted by Gasteiger charge is 2.31. The molecule has 0 aromatic heterocycles. The molecule has 170 valence electrons. The zero-order valence-electron chi connectivity index (χ0n) is 18.9. The van der Waals surface area contributed by atoms with Gasteiger partial charge in [0.25, 0.3) is 0 Å². The third-order valence-electron chi connectivity index (χ3n) is 7.58. The van der Waals surface area contributed by atoms with Crippen molar-refractivity contribution in [3.63, 3.8) is 0 Å². The number of hydrogen-bond acceptors (Lipinski definition) is 5. The summed E-state index contributed by atoms with van der Waals surface area (Å²) in [5.74, 6) is 0.574. The third kappa shape index (κ3) is 6.24. The Labute approximate surface area is 183 Å². The standard InChI is InChI=1S/C25H44N4O/c26-20-9-11-21(12-10-20)28-25-19-22(29-14-16-30-17-15-29)18-24-23(25)8-6-4-2-1-3-5-7-13-27-24/h18-21,23-24,27-28H,1-17,26H2. The minimum Gasteiger partial charge on any atom is -0.385 e. The van der Waals surface area contributed by atoms with Crippen LogP contribution >= 0.6 is 0 Å². The van der Waals surface area contributed by atoms with Crippen LogP contribution in [-0.2, 0) is 4.74 Å². The molecule has 5 heteroatoms. The van der Waals surface area contributed by atoms with Gasteiger partial charge in [-0.25, -0.2) is 0 Å². The van der Waals surface area contributed by atoms with E-state index < -0.39 is 0 Å². The van der Waals surface area contributed by atoms with Crippen LogP contribution < -0.4 is 16.4 Å². The Hall–Kier alpha value is -1.04. The lowest BCUT2D eigenvalue weighted by molar-refractivity contribution is 0.0546. The van der Waals surface area contributed by atoms with Crippen LogP contribution in [0.3, 0.4) is 0 Å². The number of rotatable bonds is 3.